The molecule has 20 heavy (non-hydrogen) atoms. The molecule has 1 unspecified atom stereocenters. The number of halogens is 2. The molecule has 1 aromatic rings. The van der Waals surface area contributed by atoms with E-state index in [0.29, 0.717) is 6.04 Å². The van der Waals surface area contributed by atoms with Crippen molar-refractivity contribution in [1.82, 2.24) is 5.32 Å². The normalized spacial score (nSPS) is 19.2. The molecule has 2 rings (SSSR count). The first-order valence-corrected chi connectivity index (χ1v) is 7.37. The van der Waals surface area contributed by atoms with E-state index in [4.69, 9.17) is 0 Å². The maximum Gasteiger partial charge on any atom is 0.387 e. The molecule has 0 spiro atoms. The molecule has 0 aromatic heterocycles. The van der Waals surface area contributed by atoms with Gasteiger partial charge in [-0.1, -0.05) is 25.0 Å². The van der Waals surface area contributed by atoms with E-state index in [1.54, 1.807) is 18.2 Å². The Morgan fingerprint density at radius 3 is 2.55 bits per heavy atom. The van der Waals surface area contributed by atoms with E-state index >= 15 is 0 Å². The molecular formula is C16H23F2NO. The highest BCUT2D eigenvalue weighted by Crippen LogP contribution is 2.29. The van der Waals surface area contributed by atoms with Crippen LogP contribution >= 0.6 is 0 Å². The molecule has 1 aromatic carbocycles. The van der Waals surface area contributed by atoms with Crippen molar-refractivity contribution in [1.29, 1.82) is 0 Å². The molecule has 112 valence electrons. The zero-order valence-corrected chi connectivity index (χ0v) is 12.1. The minimum Gasteiger partial charge on any atom is -0.435 e. The first-order chi connectivity index (χ1) is 9.56. The number of ether oxygens (including phenoxy) is 1. The average molecular weight is 283 g/mol. The van der Waals surface area contributed by atoms with E-state index < -0.39 is 6.61 Å². The highest BCUT2D eigenvalue weighted by atomic mass is 19.3. The monoisotopic (exact) mass is 283 g/mol. The number of alkyl halides is 2. The molecule has 1 fully saturated rings. The summed E-state index contributed by atoms with van der Waals surface area (Å²) in [5, 5.41) is 3.58. The van der Waals surface area contributed by atoms with Gasteiger partial charge in [0.25, 0.3) is 0 Å². The lowest BCUT2D eigenvalue weighted by Crippen LogP contribution is -2.34. The summed E-state index contributed by atoms with van der Waals surface area (Å²) in [5.74, 6) is 0.956. The summed E-state index contributed by atoms with van der Waals surface area (Å²) in [6.07, 6.45) is 5.22. The maximum atomic E-state index is 12.2. The zero-order chi connectivity index (χ0) is 14.5. The molecule has 2 nitrogen and oxygen atoms in total. The van der Waals surface area contributed by atoms with Gasteiger partial charge in [0.15, 0.2) is 0 Å². The Hall–Kier alpha value is -1.16. The van der Waals surface area contributed by atoms with Crippen LogP contribution in [0.25, 0.3) is 0 Å². The fourth-order valence-electron chi connectivity index (χ4n) is 3.04. The van der Waals surface area contributed by atoms with Gasteiger partial charge in [0.05, 0.1) is 0 Å². The first-order valence-electron chi connectivity index (χ1n) is 7.37. The highest BCUT2D eigenvalue weighted by Gasteiger charge is 2.22. The quantitative estimate of drug-likeness (QED) is 0.829. The van der Waals surface area contributed by atoms with E-state index in [1.165, 1.54) is 25.7 Å². The topological polar surface area (TPSA) is 21.3 Å². The van der Waals surface area contributed by atoms with Crippen LogP contribution in [-0.2, 0) is 0 Å². The van der Waals surface area contributed by atoms with E-state index in [9.17, 15) is 8.78 Å². The zero-order valence-electron chi connectivity index (χ0n) is 12.1. The Morgan fingerprint density at radius 1 is 1.20 bits per heavy atom. The molecular weight excluding hydrogens is 260 g/mol. The van der Waals surface area contributed by atoms with Crippen molar-refractivity contribution in [2.24, 2.45) is 5.92 Å². The largest absolute Gasteiger partial charge is 0.435 e. The molecule has 1 aliphatic rings. The Labute approximate surface area is 119 Å². The molecule has 0 saturated heterocycles. The van der Waals surface area contributed by atoms with Crippen molar-refractivity contribution < 1.29 is 13.5 Å². The minimum absolute atomic E-state index is 0.131. The summed E-state index contributed by atoms with van der Waals surface area (Å²) in [7, 11) is 0. The lowest BCUT2D eigenvalue weighted by Gasteiger charge is -2.25. The molecule has 0 aliphatic heterocycles. The van der Waals surface area contributed by atoms with Crippen molar-refractivity contribution in [3.8, 4) is 5.75 Å². The van der Waals surface area contributed by atoms with Crippen LogP contribution in [-0.4, -0.2) is 12.7 Å². The van der Waals surface area contributed by atoms with Gasteiger partial charge in [-0.25, -0.2) is 0 Å². The molecule has 1 saturated carbocycles. The third-order valence-corrected chi connectivity index (χ3v) is 4.20. The maximum absolute atomic E-state index is 12.2. The van der Waals surface area contributed by atoms with Gasteiger partial charge in [-0.3, -0.25) is 0 Å². The van der Waals surface area contributed by atoms with Crippen LogP contribution in [0, 0.1) is 5.92 Å². The van der Waals surface area contributed by atoms with Gasteiger partial charge in [-0.2, -0.15) is 8.78 Å². The van der Waals surface area contributed by atoms with Crippen molar-refractivity contribution in [3.63, 3.8) is 0 Å². The first kappa shape index (κ1) is 15.2. The predicted octanol–water partition coefficient (Wildman–Crippen LogP) is 4.52. The van der Waals surface area contributed by atoms with Crippen LogP contribution in [0.1, 0.15) is 51.1 Å². The number of hydrogen-bond acceptors (Lipinski definition) is 2. The van der Waals surface area contributed by atoms with Crippen LogP contribution in [0.5, 0.6) is 5.75 Å². The number of benzene rings is 1. The van der Waals surface area contributed by atoms with Gasteiger partial charge in [0.1, 0.15) is 5.75 Å². The Bertz CT molecular complexity index is 419. The summed E-state index contributed by atoms with van der Waals surface area (Å²) < 4.78 is 28.9. The van der Waals surface area contributed by atoms with Gasteiger partial charge >= 0.3 is 6.61 Å². The van der Waals surface area contributed by atoms with Crippen LogP contribution < -0.4 is 10.1 Å². The Morgan fingerprint density at radius 2 is 1.90 bits per heavy atom. The summed E-state index contributed by atoms with van der Waals surface area (Å²) in [5.41, 5.74) is 0.980. The second-order valence-electron chi connectivity index (χ2n) is 5.67. The van der Waals surface area contributed by atoms with Gasteiger partial charge in [0.2, 0.25) is 0 Å². The molecule has 0 heterocycles. The SMILES string of the molecule is CC(N[C@H](C)C1CCCC1)c1cccc(OC(F)F)c1. The van der Waals surface area contributed by atoms with Crippen molar-refractivity contribution in [2.75, 3.05) is 0 Å². The number of hydrogen-bond donors (Lipinski definition) is 1. The summed E-state index contributed by atoms with van der Waals surface area (Å²) in [6.45, 7) is 1.50. The second kappa shape index (κ2) is 7.02. The van der Waals surface area contributed by atoms with Crippen LogP contribution in [0.15, 0.2) is 24.3 Å². The molecule has 0 amide bonds. The molecule has 1 N–H and O–H groups in total. The predicted molar refractivity (Wildman–Crippen MR) is 76.0 cm³/mol. The highest BCUT2D eigenvalue weighted by molar-refractivity contribution is 5.30. The van der Waals surface area contributed by atoms with Crippen LogP contribution in [0.2, 0.25) is 0 Å². The van der Waals surface area contributed by atoms with Gasteiger partial charge in [-0.05, 0) is 50.3 Å². The van der Waals surface area contributed by atoms with Crippen LogP contribution in [0.4, 0.5) is 8.78 Å². The third-order valence-electron chi connectivity index (χ3n) is 4.20. The van der Waals surface area contributed by atoms with E-state index in [1.807, 2.05) is 6.07 Å². The van der Waals surface area contributed by atoms with E-state index in [2.05, 4.69) is 23.9 Å². The fraction of sp³-hybridized carbons (Fsp3) is 0.625. The molecule has 4 heteroatoms. The Balaban J connectivity index is 1.95. The third kappa shape index (κ3) is 4.17. The standard InChI is InChI=1S/C16H23F2NO/c1-11(13-6-3-4-7-13)19-12(2)14-8-5-9-15(10-14)20-16(17)18/h5,8-13,16,19H,3-4,6-7H2,1-2H3/t11-,12?/m1/s1. The average Bonchev–Trinajstić information content (AvgIpc) is 2.92. The van der Waals surface area contributed by atoms with E-state index in [-0.39, 0.29) is 11.8 Å². The molecule has 1 aliphatic carbocycles. The van der Waals surface area contributed by atoms with Gasteiger partial charge in [-0.15, -0.1) is 0 Å². The summed E-state index contributed by atoms with van der Waals surface area (Å²) in [4.78, 5) is 0. The molecule has 0 radical (unpaired) electrons. The lowest BCUT2D eigenvalue weighted by molar-refractivity contribution is -0.0499. The van der Waals surface area contributed by atoms with Crippen LogP contribution in [0.3, 0.4) is 0 Å². The Kier molecular flexibility index (Phi) is 5.35. The van der Waals surface area contributed by atoms with Crippen molar-refractivity contribution >= 4 is 0 Å². The minimum atomic E-state index is -2.77. The number of nitrogens with one attached hydrogen (secondary N) is 1. The number of rotatable bonds is 6. The summed E-state index contributed by atoms with van der Waals surface area (Å²) in [6, 6.07) is 7.52. The lowest BCUT2D eigenvalue weighted by atomic mass is 9.98. The molecule has 0 bridgehead atoms. The smallest absolute Gasteiger partial charge is 0.387 e. The fourth-order valence-corrected chi connectivity index (χ4v) is 3.04. The molecule has 2 atom stereocenters. The van der Waals surface area contributed by atoms with Gasteiger partial charge < -0.3 is 10.1 Å². The van der Waals surface area contributed by atoms with Crippen molar-refractivity contribution in [3.05, 3.63) is 29.8 Å². The van der Waals surface area contributed by atoms with Crippen molar-refractivity contribution in [2.45, 2.75) is 58.2 Å². The van der Waals surface area contributed by atoms with Gasteiger partial charge in [0, 0.05) is 12.1 Å². The van der Waals surface area contributed by atoms with E-state index in [0.717, 1.165) is 11.5 Å². The second-order valence-corrected chi connectivity index (χ2v) is 5.67. The summed E-state index contributed by atoms with van der Waals surface area (Å²) >= 11 is 0.